The van der Waals surface area contributed by atoms with Crippen LogP contribution in [-0.4, -0.2) is 27.5 Å². The lowest BCUT2D eigenvalue weighted by Gasteiger charge is -2.10. The number of allylic oxidation sites excluding steroid dienone is 3. The van der Waals surface area contributed by atoms with E-state index < -0.39 is 11.0 Å². The molecule has 1 aliphatic carbocycles. The molecule has 124 valence electrons. The van der Waals surface area contributed by atoms with E-state index >= 15 is 0 Å². The van der Waals surface area contributed by atoms with Crippen LogP contribution < -0.4 is 10.5 Å². The van der Waals surface area contributed by atoms with Gasteiger partial charge >= 0.3 is 0 Å². The van der Waals surface area contributed by atoms with Gasteiger partial charge in [-0.2, -0.15) is 0 Å². The Morgan fingerprint density at radius 2 is 1.91 bits per heavy atom. The lowest BCUT2D eigenvalue weighted by atomic mass is 10.1. The molecule has 3 N–H and O–H groups in total. The van der Waals surface area contributed by atoms with Gasteiger partial charge in [-0.25, -0.2) is 4.21 Å². The molecule has 1 atom stereocenters. The molecule has 0 bridgehead atoms. The standard InChI is InChI=1S/C14H24N2O3S.C2H2/c1-10(2)20(18)16-13(17)9-19-12(4)6-5-11(3)14(15)7-8-14;1-2/h5-6,10H,7-9,15H2,1-4H3,(H,16,17);1-2H/b11-5+,12-6+;. The average Bonchev–Trinajstić information content (AvgIpc) is 3.23. The predicted octanol–water partition coefficient (Wildman–Crippen LogP) is 1.78. The van der Waals surface area contributed by atoms with E-state index in [1.165, 1.54) is 0 Å². The Kier molecular flexibility index (Phi) is 8.76. The first kappa shape index (κ1) is 20.4. The zero-order valence-corrected chi connectivity index (χ0v) is 14.5. The number of rotatable bonds is 7. The number of hydrogen-bond acceptors (Lipinski definition) is 4. The van der Waals surface area contributed by atoms with Crippen molar-refractivity contribution in [1.82, 2.24) is 4.72 Å². The van der Waals surface area contributed by atoms with Crippen molar-refractivity contribution in [2.75, 3.05) is 6.61 Å². The van der Waals surface area contributed by atoms with Gasteiger partial charge in [0.15, 0.2) is 6.61 Å². The van der Waals surface area contributed by atoms with Gasteiger partial charge in [0.05, 0.1) is 5.76 Å². The van der Waals surface area contributed by atoms with Crippen molar-refractivity contribution in [3.8, 4) is 12.8 Å². The molecule has 1 rings (SSSR count). The Hall–Kier alpha value is -1.58. The van der Waals surface area contributed by atoms with Gasteiger partial charge in [-0.1, -0.05) is 11.6 Å². The van der Waals surface area contributed by atoms with Crippen LogP contribution in [0.1, 0.15) is 40.5 Å². The van der Waals surface area contributed by atoms with Crippen LogP contribution in [0.2, 0.25) is 0 Å². The molecule has 1 unspecified atom stereocenters. The molecule has 1 amide bonds. The molecule has 0 aliphatic heterocycles. The van der Waals surface area contributed by atoms with Crippen LogP contribution in [0.15, 0.2) is 23.5 Å². The molecule has 1 fully saturated rings. The second kappa shape index (κ2) is 9.44. The van der Waals surface area contributed by atoms with Crippen LogP contribution in [0.5, 0.6) is 0 Å². The molecule has 22 heavy (non-hydrogen) atoms. The summed E-state index contributed by atoms with van der Waals surface area (Å²) < 4.78 is 19.1. The highest BCUT2D eigenvalue weighted by Crippen LogP contribution is 2.38. The molecular formula is C16H26N2O3S. The number of hydrogen-bond donors (Lipinski definition) is 2. The summed E-state index contributed by atoms with van der Waals surface area (Å²) >= 11 is 0. The van der Waals surface area contributed by atoms with Gasteiger partial charge in [0.25, 0.3) is 5.91 Å². The van der Waals surface area contributed by atoms with Crippen molar-refractivity contribution in [2.24, 2.45) is 5.73 Å². The second-order valence-electron chi connectivity index (χ2n) is 5.44. The number of nitrogens with two attached hydrogens (primary N) is 1. The maximum absolute atomic E-state index is 11.5. The third-order valence-corrected chi connectivity index (χ3v) is 4.50. The molecule has 0 aromatic rings. The fourth-order valence-corrected chi connectivity index (χ4v) is 1.94. The number of carbonyl (C=O) groups excluding carboxylic acids is 1. The van der Waals surface area contributed by atoms with Crippen molar-refractivity contribution in [1.29, 1.82) is 0 Å². The Labute approximate surface area is 136 Å². The third kappa shape index (κ3) is 7.43. The van der Waals surface area contributed by atoms with E-state index in [-0.39, 0.29) is 23.3 Å². The molecule has 5 nitrogen and oxygen atoms in total. The van der Waals surface area contributed by atoms with E-state index in [1.807, 2.05) is 13.0 Å². The summed E-state index contributed by atoms with van der Waals surface area (Å²) in [5, 5.41) is -0.111. The van der Waals surface area contributed by atoms with E-state index in [0.29, 0.717) is 5.76 Å². The first-order chi connectivity index (χ1) is 10.2. The lowest BCUT2D eigenvalue weighted by Crippen LogP contribution is -2.33. The number of amides is 1. The Morgan fingerprint density at radius 1 is 1.36 bits per heavy atom. The quantitative estimate of drug-likeness (QED) is 0.424. The molecule has 0 saturated heterocycles. The summed E-state index contributed by atoms with van der Waals surface area (Å²) in [5.74, 6) is 0.238. The molecule has 0 radical (unpaired) electrons. The van der Waals surface area contributed by atoms with Gasteiger partial charge in [0.1, 0.15) is 11.0 Å². The topological polar surface area (TPSA) is 81.4 Å². The number of terminal acetylenes is 1. The highest BCUT2D eigenvalue weighted by Gasteiger charge is 2.39. The van der Waals surface area contributed by atoms with Gasteiger partial charge in [-0.05, 0) is 46.6 Å². The van der Waals surface area contributed by atoms with Crippen LogP contribution >= 0.6 is 0 Å². The first-order valence-corrected chi connectivity index (χ1v) is 8.26. The lowest BCUT2D eigenvalue weighted by molar-refractivity contribution is -0.122. The Bertz CT molecular complexity index is 489. The van der Waals surface area contributed by atoms with Gasteiger partial charge in [0, 0.05) is 10.8 Å². The van der Waals surface area contributed by atoms with E-state index in [1.54, 1.807) is 26.8 Å². The summed E-state index contributed by atoms with van der Waals surface area (Å²) in [6.45, 7) is 7.18. The summed E-state index contributed by atoms with van der Waals surface area (Å²) in [4.78, 5) is 11.5. The second-order valence-corrected chi connectivity index (χ2v) is 7.18. The molecular weight excluding hydrogens is 300 g/mol. The smallest absolute Gasteiger partial charge is 0.269 e. The molecule has 1 aliphatic rings. The Morgan fingerprint density at radius 3 is 2.36 bits per heavy atom. The summed E-state index contributed by atoms with van der Waals surface area (Å²) in [5.41, 5.74) is 7.03. The predicted molar refractivity (Wildman–Crippen MR) is 90.9 cm³/mol. The van der Waals surface area contributed by atoms with E-state index in [4.69, 9.17) is 10.5 Å². The average molecular weight is 326 g/mol. The Balaban J connectivity index is 0.00000211. The normalized spacial score (nSPS) is 18.0. The van der Waals surface area contributed by atoms with Gasteiger partial charge in [0.2, 0.25) is 0 Å². The van der Waals surface area contributed by atoms with Crippen LogP contribution in [0.4, 0.5) is 0 Å². The third-order valence-electron chi connectivity index (χ3n) is 3.22. The minimum absolute atomic E-state index is 0.111. The van der Waals surface area contributed by atoms with E-state index in [2.05, 4.69) is 17.6 Å². The van der Waals surface area contributed by atoms with Crippen LogP contribution in [-0.2, 0) is 20.5 Å². The number of carbonyl (C=O) groups is 1. The largest absolute Gasteiger partial charge is 0.488 e. The first-order valence-electron chi connectivity index (χ1n) is 7.05. The van der Waals surface area contributed by atoms with Crippen molar-refractivity contribution in [3.05, 3.63) is 23.5 Å². The summed E-state index contributed by atoms with van der Waals surface area (Å²) in [6, 6.07) is 0. The SMILES string of the molecule is C#C.C/C(=C\C=C(/C)C1(N)CC1)OCC(=O)NS(=O)C(C)C. The highest BCUT2D eigenvalue weighted by molar-refractivity contribution is 7.84. The fraction of sp³-hybridized carbons (Fsp3) is 0.562. The van der Waals surface area contributed by atoms with Crippen molar-refractivity contribution in [2.45, 2.75) is 51.3 Å². The molecule has 6 heteroatoms. The maximum Gasteiger partial charge on any atom is 0.269 e. The monoisotopic (exact) mass is 326 g/mol. The molecule has 0 spiro atoms. The zero-order valence-electron chi connectivity index (χ0n) is 13.7. The van der Waals surface area contributed by atoms with E-state index in [0.717, 1.165) is 18.4 Å². The number of nitrogens with one attached hydrogen (secondary N) is 1. The van der Waals surface area contributed by atoms with Crippen LogP contribution in [0, 0.1) is 12.8 Å². The van der Waals surface area contributed by atoms with Crippen molar-refractivity contribution >= 4 is 16.9 Å². The van der Waals surface area contributed by atoms with Gasteiger partial charge in [-0.15, -0.1) is 12.8 Å². The van der Waals surface area contributed by atoms with Gasteiger partial charge < -0.3 is 10.5 Å². The van der Waals surface area contributed by atoms with E-state index in [9.17, 15) is 9.00 Å². The fourth-order valence-electron chi connectivity index (χ4n) is 1.42. The molecule has 0 aromatic heterocycles. The minimum Gasteiger partial charge on any atom is -0.488 e. The summed E-state index contributed by atoms with van der Waals surface area (Å²) in [7, 11) is -1.36. The zero-order chi connectivity index (χ0) is 17.3. The van der Waals surface area contributed by atoms with Gasteiger partial charge in [-0.3, -0.25) is 9.52 Å². The van der Waals surface area contributed by atoms with Crippen LogP contribution in [0.3, 0.4) is 0 Å². The van der Waals surface area contributed by atoms with Crippen molar-refractivity contribution in [3.63, 3.8) is 0 Å². The minimum atomic E-state index is -1.36. The highest BCUT2D eigenvalue weighted by atomic mass is 32.2. The summed E-state index contributed by atoms with van der Waals surface area (Å²) in [6.07, 6.45) is 13.8. The van der Waals surface area contributed by atoms with Crippen molar-refractivity contribution < 1.29 is 13.7 Å². The molecule has 0 heterocycles. The molecule has 1 saturated carbocycles. The molecule has 0 aromatic carbocycles. The van der Waals surface area contributed by atoms with Crippen LogP contribution in [0.25, 0.3) is 0 Å². The number of ether oxygens (including phenoxy) is 1. The maximum atomic E-state index is 11.5.